The van der Waals surface area contributed by atoms with Crippen molar-refractivity contribution in [3.05, 3.63) is 29.8 Å². The molecule has 0 radical (unpaired) electrons. The van der Waals surface area contributed by atoms with Gasteiger partial charge in [-0.05, 0) is 30.7 Å². The number of hydrogen-bond donors (Lipinski definition) is 2. The number of rotatable bonds is 4. The van der Waals surface area contributed by atoms with E-state index in [2.05, 4.69) is 23.5 Å². The average molecular weight is 216 g/mol. The summed E-state index contributed by atoms with van der Waals surface area (Å²) < 4.78 is 0. The van der Waals surface area contributed by atoms with E-state index in [1.165, 1.54) is 0 Å². The van der Waals surface area contributed by atoms with Crippen molar-refractivity contribution in [3.63, 3.8) is 0 Å². The monoisotopic (exact) mass is 216 g/mol. The van der Waals surface area contributed by atoms with Gasteiger partial charge in [-0.2, -0.15) is 0 Å². The third-order valence-electron chi connectivity index (χ3n) is 2.13. The molecule has 0 spiro atoms. The first-order valence-corrected chi connectivity index (χ1v) is 5.37. The number of hydrogen-bond acceptors (Lipinski definition) is 1. The van der Waals surface area contributed by atoms with Crippen LogP contribution in [-0.2, 0) is 0 Å². The lowest BCUT2D eigenvalue weighted by molar-refractivity contribution is 0.252. The zero-order chi connectivity index (χ0) is 11.8. The van der Waals surface area contributed by atoms with Crippen molar-refractivity contribution in [1.82, 2.24) is 5.32 Å². The van der Waals surface area contributed by atoms with E-state index < -0.39 is 0 Å². The van der Waals surface area contributed by atoms with Crippen molar-refractivity contribution in [2.24, 2.45) is 0 Å². The molecule has 0 saturated carbocycles. The summed E-state index contributed by atoms with van der Waals surface area (Å²) in [5.41, 5.74) is 1.55. The molecule has 0 atom stereocenters. The van der Waals surface area contributed by atoms with Crippen molar-refractivity contribution in [1.29, 1.82) is 0 Å². The van der Waals surface area contributed by atoms with Crippen LogP contribution in [0, 0.1) is 12.3 Å². The van der Waals surface area contributed by atoms with Crippen LogP contribution in [0.25, 0.3) is 0 Å². The molecule has 2 amide bonds. The molecule has 0 bridgehead atoms. The lowest BCUT2D eigenvalue weighted by Crippen LogP contribution is -2.29. The van der Waals surface area contributed by atoms with Gasteiger partial charge in [0.1, 0.15) is 0 Å². The molecule has 0 unspecified atom stereocenters. The van der Waals surface area contributed by atoms with Gasteiger partial charge in [0.15, 0.2) is 0 Å². The Bertz CT molecular complexity index is 376. The molecule has 3 heteroatoms. The van der Waals surface area contributed by atoms with Crippen LogP contribution in [0.5, 0.6) is 0 Å². The first-order valence-electron chi connectivity index (χ1n) is 5.37. The zero-order valence-corrected chi connectivity index (χ0v) is 9.42. The molecule has 0 aliphatic rings. The molecule has 16 heavy (non-hydrogen) atoms. The Labute approximate surface area is 96.2 Å². The second-order valence-electron chi connectivity index (χ2n) is 3.46. The average Bonchev–Trinajstić information content (AvgIpc) is 2.30. The van der Waals surface area contributed by atoms with Gasteiger partial charge in [0.05, 0.1) is 0 Å². The zero-order valence-electron chi connectivity index (χ0n) is 9.42. The molecule has 0 aromatic heterocycles. The fraction of sp³-hybridized carbons (Fsp3) is 0.308. The van der Waals surface area contributed by atoms with Gasteiger partial charge in [0.25, 0.3) is 0 Å². The van der Waals surface area contributed by atoms with Crippen LogP contribution in [0.4, 0.5) is 10.5 Å². The Morgan fingerprint density at radius 2 is 2.06 bits per heavy atom. The number of urea groups is 1. The van der Waals surface area contributed by atoms with Gasteiger partial charge < -0.3 is 10.6 Å². The minimum absolute atomic E-state index is 0.179. The number of nitrogens with one attached hydrogen (secondary N) is 2. The van der Waals surface area contributed by atoms with Crippen molar-refractivity contribution < 1.29 is 4.79 Å². The summed E-state index contributed by atoms with van der Waals surface area (Å²) in [6.07, 6.45) is 7.29. The summed E-state index contributed by atoms with van der Waals surface area (Å²) in [6, 6.07) is 6.98. The predicted octanol–water partition coefficient (Wildman–Crippen LogP) is 2.59. The number of amides is 2. The minimum atomic E-state index is -0.179. The molecule has 1 aromatic carbocycles. The predicted molar refractivity (Wildman–Crippen MR) is 66.3 cm³/mol. The molecule has 0 aliphatic heterocycles. The van der Waals surface area contributed by atoms with Crippen molar-refractivity contribution in [3.8, 4) is 12.3 Å². The van der Waals surface area contributed by atoms with E-state index in [9.17, 15) is 4.79 Å². The Morgan fingerprint density at radius 1 is 1.38 bits per heavy atom. The second kappa shape index (κ2) is 6.52. The largest absolute Gasteiger partial charge is 0.338 e. The van der Waals surface area contributed by atoms with E-state index in [1.807, 2.05) is 0 Å². The van der Waals surface area contributed by atoms with Gasteiger partial charge in [-0.1, -0.05) is 19.3 Å². The quantitative estimate of drug-likeness (QED) is 0.589. The topological polar surface area (TPSA) is 41.1 Å². The fourth-order valence-corrected chi connectivity index (χ4v) is 1.20. The first kappa shape index (κ1) is 12.1. The Balaban J connectivity index is 2.41. The van der Waals surface area contributed by atoms with Gasteiger partial charge in [-0.15, -0.1) is 6.42 Å². The lowest BCUT2D eigenvalue weighted by atomic mass is 10.2. The van der Waals surface area contributed by atoms with Crippen LogP contribution in [0.2, 0.25) is 0 Å². The van der Waals surface area contributed by atoms with Gasteiger partial charge in [-0.25, -0.2) is 4.79 Å². The van der Waals surface area contributed by atoms with Gasteiger partial charge in [-0.3, -0.25) is 0 Å². The van der Waals surface area contributed by atoms with E-state index in [-0.39, 0.29) is 6.03 Å². The summed E-state index contributed by atoms with van der Waals surface area (Å²) in [6.45, 7) is 2.78. The molecule has 0 heterocycles. The Hall–Kier alpha value is -1.95. The number of carbonyl (C=O) groups excluding carboxylic acids is 1. The van der Waals surface area contributed by atoms with Crippen molar-refractivity contribution >= 4 is 11.7 Å². The fourth-order valence-electron chi connectivity index (χ4n) is 1.20. The second-order valence-corrected chi connectivity index (χ2v) is 3.46. The highest BCUT2D eigenvalue weighted by Gasteiger charge is 1.99. The van der Waals surface area contributed by atoms with Crippen molar-refractivity contribution in [2.45, 2.75) is 19.8 Å². The summed E-state index contributed by atoms with van der Waals surface area (Å²) in [7, 11) is 0. The van der Waals surface area contributed by atoms with Gasteiger partial charge in [0, 0.05) is 17.8 Å². The number of carbonyl (C=O) groups is 1. The number of terminal acetylenes is 1. The van der Waals surface area contributed by atoms with E-state index in [1.54, 1.807) is 24.3 Å². The van der Waals surface area contributed by atoms with E-state index >= 15 is 0 Å². The first-order chi connectivity index (χ1) is 7.76. The van der Waals surface area contributed by atoms with Crippen LogP contribution in [0.3, 0.4) is 0 Å². The van der Waals surface area contributed by atoms with Gasteiger partial charge >= 0.3 is 6.03 Å². The van der Waals surface area contributed by atoms with E-state index in [0.717, 1.165) is 24.1 Å². The SMILES string of the molecule is C#Cc1ccc(NC(=O)NCCCC)cc1. The molecular formula is C13H16N2O. The molecule has 84 valence electrons. The number of anilines is 1. The summed E-state index contributed by atoms with van der Waals surface area (Å²) >= 11 is 0. The lowest BCUT2D eigenvalue weighted by Gasteiger charge is -2.06. The van der Waals surface area contributed by atoms with E-state index in [4.69, 9.17) is 6.42 Å². The standard InChI is InChI=1S/C13H16N2O/c1-3-5-10-14-13(16)15-12-8-6-11(4-2)7-9-12/h2,6-9H,3,5,10H2,1H3,(H2,14,15,16). The maximum Gasteiger partial charge on any atom is 0.319 e. The van der Waals surface area contributed by atoms with Crippen LogP contribution < -0.4 is 10.6 Å². The van der Waals surface area contributed by atoms with Crippen LogP contribution >= 0.6 is 0 Å². The Kier molecular flexibility index (Phi) is 4.94. The van der Waals surface area contributed by atoms with Crippen molar-refractivity contribution in [2.75, 3.05) is 11.9 Å². The molecule has 3 nitrogen and oxygen atoms in total. The maximum absolute atomic E-state index is 11.4. The highest BCUT2D eigenvalue weighted by atomic mass is 16.2. The molecule has 0 fully saturated rings. The number of benzene rings is 1. The molecule has 1 rings (SSSR count). The Morgan fingerprint density at radius 3 is 2.62 bits per heavy atom. The number of unbranched alkanes of at least 4 members (excludes halogenated alkanes) is 1. The summed E-state index contributed by atoms with van der Waals surface area (Å²) in [4.78, 5) is 11.4. The highest BCUT2D eigenvalue weighted by molar-refractivity contribution is 5.89. The van der Waals surface area contributed by atoms with Gasteiger partial charge in [0.2, 0.25) is 0 Å². The van der Waals surface area contributed by atoms with Crippen LogP contribution in [0.1, 0.15) is 25.3 Å². The summed E-state index contributed by atoms with van der Waals surface area (Å²) in [5, 5.41) is 5.50. The van der Waals surface area contributed by atoms with E-state index in [0.29, 0.717) is 6.54 Å². The smallest absolute Gasteiger partial charge is 0.319 e. The third kappa shape index (κ3) is 4.05. The third-order valence-corrected chi connectivity index (χ3v) is 2.13. The highest BCUT2D eigenvalue weighted by Crippen LogP contribution is 2.08. The maximum atomic E-state index is 11.4. The molecule has 1 aromatic rings. The molecule has 2 N–H and O–H groups in total. The molecule has 0 saturated heterocycles. The normalized spacial score (nSPS) is 9.25. The van der Waals surface area contributed by atoms with Crippen LogP contribution in [0.15, 0.2) is 24.3 Å². The minimum Gasteiger partial charge on any atom is -0.338 e. The van der Waals surface area contributed by atoms with Crippen LogP contribution in [-0.4, -0.2) is 12.6 Å². The molecule has 0 aliphatic carbocycles. The molecular weight excluding hydrogens is 200 g/mol. The summed E-state index contributed by atoms with van der Waals surface area (Å²) in [5.74, 6) is 2.52.